The lowest BCUT2D eigenvalue weighted by atomic mass is 10.2. The van der Waals surface area contributed by atoms with Gasteiger partial charge in [-0.1, -0.05) is 29.3 Å². The fourth-order valence-corrected chi connectivity index (χ4v) is 1.51. The topological polar surface area (TPSA) is 55.3 Å². The summed E-state index contributed by atoms with van der Waals surface area (Å²) in [5.41, 5.74) is 6.04. The van der Waals surface area contributed by atoms with Gasteiger partial charge in [-0.05, 0) is 24.4 Å². The molecular weight excluding hydrogens is 241 g/mol. The van der Waals surface area contributed by atoms with E-state index in [1.807, 2.05) is 0 Å². The van der Waals surface area contributed by atoms with Crippen molar-refractivity contribution in [3.63, 3.8) is 0 Å². The first kappa shape index (κ1) is 11.5. The summed E-state index contributed by atoms with van der Waals surface area (Å²) in [6.45, 7) is 0.299. The van der Waals surface area contributed by atoms with Crippen molar-refractivity contribution in [2.45, 2.75) is 6.54 Å². The highest BCUT2D eigenvalue weighted by molar-refractivity contribution is 7.80. The number of thiocarbonyl (C=S) groups is 1. The van der Waals surface area contributed by atoms with Crippen molar-refractivity contribution >= 4 is 40.5 Å². The minimum Gasteiger partial charge on any atom is -0.375 e. The predicted octanol–water partition coefficient (Wildman–Crippen LogP) is 1.91. The van der Waals surface area contributed by atoms with Crippen LogP contribution < -0.4 is 11.6 Å². The van der Waals surface area contributed by atoms with Gasteiger partial charge < -0.3 is 5.73 Å². The van der Waals surface area contributed by atoms with Crippen LogP contribution in [0.1, 0.15) is 5.56 Å². The lowest BCUT2D eigenvalue weighted by molar-refractivity contribution is 0.437. The Morgan fingerprint density at radius 1 is 1.36 bits per heavy atom. The molecule has 0 bridgehead atoms. The Morgan fingerprint density at radius 3 is 2.29 bits per heavy atom. The average molecular weight is 250 g/mol. The van der Waals surface area contributed by atoms with Gasteiger partial charge in [0.15, 0.2) is 5.11 Å². The highest BCUT2D eigenvalue weighted by Crippen LogP contribution is 2.24. The second kappa shape index (κ2) is 4.79. The maximum absolute atomic E-state index is 5.93. The van der Waals surface area contributed by atoms with Gasteiger partial charge in [0.25, 0.3) is 0 Å². The number of benzene rings is 1. The van der Waals surface area contributed by atoms with E-state index in [4.69, 9.17) is 47.0 Å². The molecular formula is C8H9Cl2N3S. The van der Waals surface area contributed by atoms with Gasteiger partial charge in [-0.2, -0.15) is 0 Å². The summed E-state index contributed by atoms with van der Waals surface area (Å²) in [6.07, 6.45) is 0. The number of nitrogens with two attached hydrogens (primary N) is 2. The molecule has 0 atom stereocenters. The van der Waals surface area contributed by atoms with Crippen molar-refractivity contribution in [2.24, 2.45) is 11.6 Å². The maximum atomic E-state index is 5.93. The molecule has 0 saturated carbocycles. The van der Waals surface area contributed by atoms with Crippen LogP contribution >= 0.6 is 35.4 Å². The van der Waals surface area contributed by atoms with E-state index in [9.17, 15) is 0 Å². The maximum Gasteiger partial charge on any atom is 0.180 e. The molecule has 0 spiro atoms. The van der Waals surface area contributed by atoms with E-state index in [-0.39, 0.29) is 5.11 Å². The molecule has 0 heterocycles. The lowest BCUT2D eigenvalue weighted by Crippen LogP contribution is -2.40. The van der Waals surface area contributed by atoms with Crippen LogP contribution in [0.2, 0.25) is 10.0 Å². The van der Waals surface area contributed by atoms with Gasteiger partial charge in [0, 0.05) is 15.6 Å². The van der Waals surface area contributed by atoms with Crippen LogP contribution in [-0.4, -0.2) is 10.1 Å². The molecule has 4 N–H and O–H groups in total. The molecule has 1 aromatic rings. The molecule has 0 aromatic heterocycles. The molecule has 76 valence electrons. The summed E-state index contributed by atoms with van der Waals surface area (Å²) < 4.78 is 0. The van der Waals surface area contributed by atoms with Gasteiger partial charge >= 0.3 is 0 Å². The Balaban J connectivity index is 2.91. The standard InChI is InChI=1S/C8H9Cl2N3S/c9-6-2-1-3-7(10)5(6)4-13(12)8(11)14/h1-3H,4,12H2,(H2,11,14). The van der Waals surface area contributed by atoms with Crippen molar-refractivity contribution in [3.8, 4) is 0 Å². The first-order valence-corrected chi connectivity index (χ1v) is 4.93. The van der Waals surface area contributed by atoms with E-state index in [0.717, 1.165) is 0 Å². The van der Waals surface area contributed by atoms with Crippen LogP contribution in [0.4, 0.5) is 0 Å². The van der Waals surface area contributed by atoms with Gasteiger partial charge in [-0.15, -0.1) is 0 Å². The number of hydrogen-bond donors (Lipinski definition) is 2. The molecule has 14 heavy (non-hydrogen) atoms. The minimum atomic E-state index is 0.0981. The molecule has 0 unspecified atom stereocenters. The van der Waals surface area contributed by atoms with E-state index in [0.29, 0.717) is 22.2 Å². The first-order valence-electron chi connectivity index (χ1n) is 3.77. The fourth-order valence-electron chi connectivity index (χ4n) is 0.932. The van der Waals surface area contributed by atoms with Gasteiger partial charge in [-0.25, -0.2) is 5.84 Å². The quantitative estimate of drug-likeness (QED) is 0.478. The second-order valence-corrected chi connectivity index (χ2v) is 3.90. The molecule has 1 rings (SSSR count). The molecule has 0 radical (unpaired) electrons. The van der Waals surface area contributed by atoms with Gasteiger partial charge in [0.2, 0.25) is 0 Å². The molecule has 6 heteroatoms. The van der Waals surface area contributed by atoms with Crippen LogP contribution in [0.3, 0.4) is 0 Å². The largest absolute Gasteiger partial charge is 0.375 e. The SMILES string of the molecule is NC(=S)N(N)Cc1c(Cl)cccc1Cl. The summed E-state index contributed by atoms with van der Waals surface area (Å²) in [5, 5.41) is 2.40. The Bertz CT molecular complexity index is 336. The summed E-state index contributed by atoms with van der Waals surface area (Å²) in [5.74, 6) is 5.54. The van der Waals surface area contributed by atoms with Crippen LogP contribution in [0, 0.1) is 0 Å². The number of hydrazine groups is 1. The number of nitrogens with zero attached hydrogens (tertiary/aromatic N) is 1. The molecule has 0 fully saturated rings. The Labute approximate surface area is 97.5 Å². The smallest absolute Gasteiger partial charge is 0.180 e. The van der Waals surface area contributed by atoms with E-state index in [1.165, 1.54) is 5.01 Å². The fraction of sp³-hybridized carbons (Fsp3) is 0.125. The molecule has 0 aliphatic carbocycles. The number of rotatable bonds is 2. The van der Waals surface area contributed by atoms with Crippen molar-refractivity contribution in [2.75, 3.05) is 0 Å². The van der Waals surface area contributed by atoms with Crippen LogP contribution in [0.25, 0.3) is 0 Å². The molecule has 0 amide bonds. The molecule has 0 aliphatic heterocycles. The van der Waals surface area contributed by atoms with Crippen molar-refractivity contribution in [3.05, 3.63) is 33.8 Å². The zero-order valence-corrected chi connectivity index (χ0v) is 9.53. The summed E-state index contributed by atoms with van der Waals surface area (Å²) >= 11 is 16.6. The van der Waals surface area contributed by atoms with Gasteiger partial charge in [0.05, 0.1) is 6.54 Å². The van der Waals surface area contributed by atoms with E-state index >= 15 is 0 Å². The van der Waals surface area contributed by atoms with Gasteiger partial charge in [-0.3, -0.25) is 5.01 Å². The third-order valence-electron chi connectivity index (χ3n) is 1.67. The highest BCUT2D eigenvalue weighted by Gasteiger charge is 2.09. The van der Waals surface area contributed by atoms with Crippen molar-refractivity contribution in [1.82, 2.24) is 5.01 Å². The lowest BCUT2D eigenvalue weighted by Gasteiger charge is -2.17. The Hall–Kier alpha value is -0.550. The summed E-state index contributed by atoms with van der Waals surface area (Å²) in [7, 11) is 0. The zero-order chi connectivity index (χ0) is 10.7. The number of halogens is 2. The summed E-state index contributed by atoms with van der Waals surface area (Å²) in [4.78, 5) is 0. The Morgan fingerprint density at radius 2 is 1.86 bits per heavy atom. The van der Waals surface area contributed by atoms with Gasteiger partial charge in [0.1, 0.15) is 0 Å². The predicted molar refractivity (Wildman–Crippen MR) is 63.0 cm³/mol. The molecule has 0 aliphatic rings. The first-order chi connectivity index (χ1) is 6.52. The minimum absolute atomic E-state index is 0.0981. The third-order valence-corrected chi connectivity index (χ3v) is 2.62. The molecule has 1 aromatic carbocycles. The highest BCUT2D eigenvalue weighted by atomic mass is 35.5. The van der Waals surface area contributed by atoms with E-state index in [1.54, 1.807) is 18.2 Å². The average Bonchev–Trinajstić information content (AvgIpc) is 2.11. The number of hydrogen-bond acceptors (Lipinski definition) is 2. The molecule has 3 nitrogen and oxygen atoms in total. The van der Waals surface area contributed by atoms with Crippen molar-refractivity contribution in [1.29, 1.82) is 0 Å². The molecule has 0 saturated heterocycles. The summed E-state index contributed by atoms with van der Waals surface area (Å²) in [6, 6.07) is 5.22. The van der Waals surface area contributed by atoms with E-state index in [2.05, 4.69) is 0 Å². The monoisotopic (exact) mass is 249 g/mol. The van der Waals surface area contributed by atoms with Crippen molar-refractivity contribution < 1.29 is 0 Å². The van der Waals surface area contributed by atoms with Crippen LogP contribution in [0.15, 0.2) is 18.2 Å². The van der Waals surface area contributed by atoms with Crippen LogP contribution in [-0.2, 0) is 6.54 Å². The van der Waals surface area contributed by atoms with E-state index < -0.39 is 0 Å². The normalized spacial score (nSPS) is 9.93. The zero-order valence-electron chi connectivity index (χ0n) is 7.21. The second-order valence-electron chi connectivity index (χ2n) is 2.67. The van der Waals surface area contributed by atoms with Crippen LogP contribution in [0.5, 0.6) is 0 Å². The Kier molecular flexibility index (Phi) is 3.95. The third kappa shape index (κ3) is 2.72.